The highest BCUT2D eigenvalue weighted by atomic mass is 16.5. The summed E-state index contributed by atoms with van der Waals surface area (Å²) < 4.78 is 5.95. The summed E-state index contributed by atoms with van der Waals surface area (Å²) in [5.74, 6) is 0.448. The van der Waals surface area contributed by atoms with Crippen molar-refractivity contribution in [3.63, 3.8) is 0 Å². The van der Waals surface area contributed by atoms with Crippen molar-refractivity contribution < 1.29 is 20.1 Å². The van der Waals surface area contributed by atoms with Crippen molar-refractivity contribution in [1.82, 2.24) is 0 Å². The van der Waals surface area contributed by atoms with Crippen molar-refractivity contribution in [3.8, 4) is 5.75 Å². The zero-order valence-electron chi connectivity index (χ0n) is 16.7. The molecular weight excluding hydrogens is 340 g/mol. The first-order chi connectivity index (χ1) is 13.0. The van der Waals surface area contributed by atoms with Gasteiger partial charge >= 0.3 is 0 Å². The third-order valence-corrected chi connectivity index (χ3v) is 5.12. The molecule has 1 aliphatic rings. The molecule has 148 valence electrons. The van der Waals surface area contributed by atoms with Crippen LogP contribution in [0.5, 0.6) is 5.75 Å². The highest BCUT2D eigenvalue weighted by Gasteiger charge is 2.29. The molecule has 1 saturated heterocycles. The normalized spacial score (nSPS) is 23.3. The number of ether oxygens (including phenoxy) is 1. The molecule has 0 saturated carbocycles. The molecule has 4 atom stereocenters. The molecule has 4 nitrogen and oxygen atoms in total. The van der Waals surface area contributed by atoms with Gasteiger partial charge in [0.1, 0.15) is 5.75 Å². The highest BCUT2D eigenvalue weighted by molar-refractivity contribution is 5.41. The van der Waals surface area contributed by atoms with E-state index in [1.54, 1.807) is 12.1 Å². The molecule has 2 aromatic carbocycles. The van der Waals surface area contributed by atoms with Crippen molar-refractivity contribution in [2.75, 3.05) is 6.61 Å². The molecule has 0 amide bonds. The van der Waals surface area contributed by atoms with Crippen LogP contribution in [0.4, 0.5) is 0 Å². The molecule has 4 heteroatoms. The molecule has 1 aliphatic heterocycles. The van der Waals surface area contributed by atoms with Crippen LogP contribution in [0.15, 0.2) is 42.5 Å². The lowest BCUT2D eigenvalue weighted by atomic mass is 9.87. The van der Waals surface area contributed by atoms with Crippen LogP contribution < -0.4 is 0 Å². The van der Waals surface area contributed by atoms with Crippen molar-refractivity contribution in [1.29, 1.82) is 0 Å². The number of hydrogen-bond donors (Lipinski definition) is 3. The van der Waals surface area contributed by atoms with E-state index in [9.17, 15) is 15.3 Å². The predicted molar refractivity (Wildman–Crippen MR) is 108 cm³/mol. The molecule has 1 fully saturated rings. The summed E-state index contributed by atoms with van der Waals surface area (Å²) in [6, 6.07) is 13.6. The Kier molecular flexibility index (Phi) is 7.84. The largest absolute Gasteiger partial charge is 0.508 e. The molecule has 0 aromatic heterocycles. The van der Waals surface area contributed by atoms with Gasteiger partial charge in [0.2, 0.25) is 0 Å². The molecule has 0 spiro atoms. The standard InChI is InChI=1S/C21H26O4.C2H6/c1-13-3-4-16(21-11-18(24)10-19(12-22)25-21)9-20(13)14(2)15-5-7-17(23)8-6-15;1-2/h3-9,14,18-19,21-24H,10-12H2,1-2H3;1-2H3. The van der Waals surface area contributed by atoms with Crippen LogP contribution >= 0.6 is 0 Å². The summed E-state index contributed by atoms with van der Waals surface area (Å²) in [6.07, 6.45) is 0.0675. The lowest BCUT2D eigenvalue weighted by Crippen LogP contribution is -2.33. The van der Waals surface area contributed by atoms with E-state index in [0.29, 0.717) is 12.8 Å². The first-order valence-corrected chi connectivity index (χ1v) is 9.81. The number of aryl methyl sites for hydroxylation is 1. The minimum atomic E-state index is -0.449. The van der Waals surface area contributed by atoms with Gasteiger partial charge in [0.15, 0.2) is 0 Å². The molecule has 3 N–H and O–H groups in total. The summed E-state index contributed by atoms with van der Waals surface area (Å²) in [5, 5.41) is 28.9. The number of aliphatic hydroxyl groups excluding tert-OH is 2. The van der Waals surface area contributed by atoms with Gasteiger partial charge in [0.25, 0.3) is 0 Å². The topological polar surface area (TPSA) is 69.9 Å². The Labute approximate surface area is 162 Å². The fourth-order valence-electron chi connectivity index (χ4n) is 3.59. The van der Waals surface area contributed by atoms with E-state index in [-0.39, 0.29) is 30.5 Å². The molecule has 1 heterocycles. The smallest absolute Gasteiger partial charge is 0.115 e. The van der Waals surface area contributed by atoms with Crippen LogP contribution in [0.2, 0.25) is 0 Å². The fraction of sp³-hybridized carbons (Fsp3) is 0.478. The van der Waals surface area contributed by atoms with Gasteiger partial charge in [-0.2, -0.15) is 0 Å². The maximum Gasteiger partial charge on any atom is 0.115 e. The summed E-state index contributed by atoms with van der Waals surface area (Å²) >= 11 is 0. The molecular formula is C23H32O4. The van der Waals surface area contributed by atoms with Crippen LogP contribution in [0.3, 0.4) is 0 Å². The fourth-order valence-corrected chi connectivity index (χ4v) is 3.59. The van der Waals surface area contributed by atoms with E-state index in [4.69, 9.17) is 4.74 Å². The Balaban J connectivity index is 0.00000126. The molecule has 0 bridgehead atoms. The number of aromatic hydroxyl groups is 1. The summed E-state index contributed by atoms with van der Waals surface area (Å²) in [7, 11) is 0. The predicted octanol–water partition coefficient (Wildman–Crippen LogP) is 4.45. The van der Waals surface area contributed by atoms with Crippen LogP contribution in [-0.2, 0) is 4.74 Å². The molecule has 0 radical (unpaired) electrons. The molecule has 2 aromatic rings. The van der Waals surface area contributed by atoms with E-state index in [2.05, 4.69) is 26.0 Å². The second kappa shape index (κ2) is 9.88. The van der Waals surface area contributed by atoms with Crippen LogP contribution in [-0.4, -0.2) is 34.1 Å². The lowest BCUT2D eigenvalue weighted by Gasteiger charge is -2.33. The number of rotatable bonds is 4. The molecule has 4 unspecified atom stereocenters. The monoisotopic (exact) mass is 372 g/mol. The van der Waals surface area contributed by atoms with E-state index in [1.807, 2.05) is 32.0 Å². The maximum absolute atomic E-state index is 10.1. The van der Waals surface area contributed by atoms with Gasteiger partial charge < -0.3 is 20.1 Å². The minimum Gasteiger partial charge on any atom is -0.508 e. The van der Waals surface area contributed by atoms with Gasteiger partial charge in [-0.15, -0.1) is 0 Å². The van der Waals surface area contributed by atoms with Gasteiger partial charge in [-0.05, 0) is 41.3 Å². The Hall–Kier alpha value is -1.88. The second-order valence-corrected chi connectivity index (χ2v) is 6.98. The van der Waals surface area contributed by atoms with Gasteiger partial charge in [0.05, 0.1) is 24.9 Å². The van der Waals surface area contributed by atoms with E-state index in [0.717, 1.165) is 11.1 Å². The second-order valence-electron chi connectivity index (χ2n) is 6.98. The number of benzene rings is 2. The zero-order chi connectivity index (χ0) is 20.0. The first-order valence-electron chi connectivity index (χ1n) is 9.81. The molecule has 27 heavy (non-hydrogen) atoms. The Morgan fingerprint density at radius 3 is 2.37 bits per heavy atom. The first kappa shape index (κ1) is 21.4. The summed E-state index contributed by atoms with van der Waals surface area (Å²) in [6.45, 7) is 8.16. The van der Waals surface area contributed by atoms with Crippen LogP contribution in [0.1, 0.15) is 67.9 Å². The summed E-state index contributed by atoms with van der Waals surface area (Å²) in [5.41, 5.74) is 4.56. The van der Waals surface area contributed by atoms with Crippen LogP contribution in [0.25, 0.3) is 0 Å². The number of phenolic OH excluding ortho intramolecular Hbond substituents is 1. The number of hydrogen-bond acceptors (Lipinski definition) is 4. The zero-order valence-corrected chi connectivity index (χ0v) is 16.7. The van der Waals surface area contributed by atoms with Crippen molar-refractivity contribution in [3.05, 3.63) is 64.7 Å². The van der Waals surface area contributed by atoms with Gasteiger partial charge in [-0.1, -0.05) is 51.1 Å². The average Bonchev–Trinajstić information content (AvgIpc) is 2.69. The van der Waals surface area contributed by atoms with Crippen LogP contribution in [0, 0.1) is 6.92 Å². The van der Waals surface area contributed by atoms with Crippen molar-refractivity contribution >= 4 is 0 Å². The van der Waals surface area contributed by atoms with Crippen molar-refractivity contribution in [2.24, 2.45) is 0 Å². The van der Waals surface area contributed by atoms with Gasteiger partial charge in [-0.25, -0.2) is 0 Å². The molecule has 0 aliphatic carbocycles. The minimum absolute atomic E-state index is 0.0732. The van der Waals surface area contributed by atoms with E-state index in [1.165, 1.54) is 11.1 Å². The number of aliphatic hydroxyl groups is 2. The number of phenols is 1. The maximum atomic E-state index is 10.1. The van der Waals surface area contributed by atoms with Gasteiger partial charge in [-0.3, -0.25) is 0 Å². The van der Waals surface area contributed by atoms with E-state index >= 15 is 0 Å². The lowest BCUT2D eigenvalue weighted by molar-refractivity contribution is -0.113. The summed E-state index contributed by atoms with van der Waals surface area (Å²) in [4.78, 5) is 0. The van der Waals surface area contributed by atoms with E-state index < -0.39 is 6.10 Å². The highest BCUT2D eigenvalue weighted by Crippen LogP contribution is 2.35. The quantitative estimate of drug-likeness (QED) is 0.741. The SMILES string of the molecule is CC.Cc1ccc(C2CC(O)CC(CO)O2)cc1C(C)c1ccc(O)cc1. The Bertz CT molecular complexity index is 711. The third-order valence-electron chi connectivity index (χ3n) is 5.12. The Morgan fingerprint density at radius 1 is 1.07 bits per heavy atom. The third kappa shape index (κ3) is 5.32. The van der Waals surface area contributed by atoms with Crippen molar-refractivity contribution in [2.45, 2.75) is 64.8 Å². The average molecular weight is 373 g/mol. The molecule has 3 rings (SSSR count). The Morgan fingerprint density at radius 2 is 1.74 bits per heavy atom. The van der Waals surface area contributed by atoms with Gasteiger partial charge in [0, 0.05) is 18.8 Å².